The molecule has 22 heavy (non-hydrogen) atoms. The van der Waals surface area contributed by atoms with Crippen molar-refractivity contribution in [2.24, 2.45) is 0 Å². The van der Waals surface area contributed by atoms with Crippen molar-refractivity contribution >= 4 is 0 Å². The van der Waals surface area contributed by atoms with Gasteiger partial charge in [-0.05, 0) is 25.7 Å². The molecule has 3 aliphatic rings. The second-order valence-electron chi connectivity index (χ2n) is 6.09. The molecule has 1 aromatic heterocycles. The number of fused-ring (bicyclic) bond motifs is 1. The summed E-state index contributed by atoms with van der Waals surface area (Å²) in [6.45, 7) is 1.59. The summed E-state index contributed by atoms with van der Waals surface area (Å²) in [5, 5.41) is 13.3. The van der Waals surface area contributed by atoms with Crippen LogP contribution in [0.25, 0.3) is 0 Å². The van der Waals surface area contributed by atoms with Gasteiger partial charge in [0.1, 0.15) is 11.9 Å². The molecule has 0 amide bonds. The molecule has 0 aromatic carbocycles. The molecule has 6 nitrogen and oxygen atoms in total. The number of rotatable bonds is 3. The summed E-state index contributed by atoms with van der Waals surface area (Å²) in [5.41, 5.74) is 2.21. The van der Waals surface area contributed by atoms with Gasteiger partial charge in [-0.2, -0.15) is 4.98 Å². The van der Waals surface area contributed by atoms with Crippen LogP contribution in [0.1, 0.15) is 36.0 Å². The van der Waals surface area contributed by atoms with E-state index in [1.54, 1.807) is 0 Å². The highest BCUT2D eigenvalue weighted by atomic mass is 16.6. The fraction of sp³-hybridized carbons (Fsp3) is 0.625. The third-order valence-corrected chi connectivity index (χ3v) is 4.51. The minimum absolute atomic E-state index is 0.142. The average Bonchev–Trinajstić information content (AvgIpc) is 3.17. The molecule has 4 rings (SSSR count). The minimum Gasteiger partial charge on any atom is -0.469 e. The lowest BCUT2D eigenvalue weighted by Crippen LogP contribution is -2.31. The van der Waals surface area contributed by atoms with Gasteiger partial charge < -0.3 is 19.9 Å². The van der Waals surface area contributed by atoms with Gasteiger partial charge in [0.15, 0.2) is 6.10 Å². The second-order valence-corrected chi connectivity index (χ2v) is 6.09. The van der Waals surface area contributed by atoms with Gasteiger partial charge in [0, 0.05) is 12.1 Å². The zero-order valence-electron chi connectivity index (χ0n) is 12.5. The van der Waals surface area contributed by atoms with Crippen molar-refractivity contribution in [2.45, 2.75) is 43.9 Å². The number of hydrogen-bond acceptors (Lipinski definition) is 6. The van der Waals surface area contributed by atoms with E-state index in [4.69, 9.17) is 14.5 Å². The Morgan fingerprint density at radius 3 is 2.95 bits per heavy atom. The first-order valence-electron chi connectivity index (χ1n) is 8.02. The van der Waals surface area contributed by atoms with Crippen LogP contribution in [-0.2, 0) is 17.6 Å². The first kappa shape index (κ1) is 14.1. The summed E-state index contributed by atoms with van der Waals surface area (Å²) in [4.78, 5) is 9.42. The van der Waals surface area contributed by atoms with Crippen LogP contribution in [0.4, 0.5) is 0 Å². The standard InChI is InChI=1S/C16H21N3O3/c20-13-8-21-9-14(13)22-16-10-4-3-6-11(10)18-15(19-16)12-5-1-2-7-17-12/h1-2,12-14,17,20H,3-9H2/t12?,13-,14-/m0/s1. The van der Waals surface area contributed by atoms with E-state index < -0.39 is 6.10 Å². The number of ether oxygens (including phenoxy) is 2. The van der Waals surface area contributed by atoms with Gasteiger partial charge in [-0.1, -0.05) is 12.2 Å². The Morgan fingerprint density at radius 1 is 1.23 bits per heavy atom. The van der Waals surface area contributed by atoms with Gasteiger partial charge in [0.25, 0.3) is 0 Å². The van der Waals surface area contributed by atoms with E-state index >= 15 is 0 Å². The molecule has 0 radical (unpaired) electrons. The Morgan fingerprint density at radius 2 is 2.18 bits per heavy atom. The predicted molar refractivity (Wildman–Crippen MR) is 79.8 cm³/mol. The van der Waals surface area contributed by atoms with Crippen LogP contribution < -0.4 is 10.1 Å². The van der Waals surface area contributed by atoms with Crippen molar-refractivity contribution in [1.29, 1.82) is 0 Å². The Kier molecular flexibility index (Phi) is 3.82. The maximum atomic E-state index is 9.90. The molecule has 1 aliphatic carbocycles. The molecule has 0 bridgehead atoms. The fourth-order valence-electron chi connectivity index (χ4n) is 3.25. The normalized spacial score (nSPS) is 30.5. The third-order valence-electron chi connectivity index (χ3n) is 4.51. The van der Waals surface area contributed by atoms with Crippen LogP contribution >= 0.6 is 0 Å². The molecule has 3 atom stereocenters. The Bertz CT molecular complexity index is 590. The van der Waals surface area contributed by atoms with Gasteiger partial charge in [-0.3, -0.25) is 0 Å². The van der Waals surface area contributed by atoms with Crippen molar-refractivity contribution in [2.75, 3.05) is 19.8 Å². The lowest BCUT2D eigenvalue weighted by molar-refractivity contribution is 0.0693. The molecule has 118 valence electrons. The monoisotopic (exact) mass is 303 g/mol. The van der Waals surface area contributed by atoms with Gasteiger partial charge >= 0.3 is 0 Å². The lowest BCUT2D eigenvalue weighted by atomic mass is 10.1. The maximum absolute atomic E-state index is 9.90. The molecule has 6 heteroatoms. The van der Waals surface area contributed by atoms with Crippen LogP contribution in [-0.4, -0.2) is 47.0 Å². The summed E-state index contributed by atoms with van der Waals surface area (Å²) in [5.74, 6) is 1.44. The van der Waals surface area contributed by atoms with E-state index in [0.29, 0.717) is 19.1 Å². The highest BCUT2D eigenvalue weighted by Crippen LogP contribution is 2.31. The number of aliphatic hydroxyl groups excluding tert-OH is 1. The molecule has 1 aromatic rings. The van der Waals surface area contributed by atoms with Gasteiger partial charge in [-0.15, -0.1) is 0 Å². The molecular formula is C16H21N3O3. The SMILES string of the molecule is O[C@H]1COC[C@@H]1Oc1nc(C2CC=CCN2)nc2c1CCC2. The minimum atomic E-state index is -0.578. The topological polar surface area (TPSA) is 76.5 Å². The first-order valence-corrected chi connectivity index (χ1v) is 8.02. The number of aryl methyl sites for hydroxylation is 1. The van der Waals surface area contributed by atoms with Crippen LogP contribution in [0.2, 0.25) is 0 Å². The fourth-order valence-corrected chi connectivity index (χ4v) is 3.25. The molecule has 0 saturated carbocycles. The summed E-state index contributed by atoms with van der Waals surface area (Å²) in [7, 11) is 0. The molecule has 1 unspecified atom stereocenters. The van der Waals surface area contributed by atoms with Crippen LogP contribution in [0.3, 0.4) is 0 Å². The average molecular weight is 303 g/mol. The van der Waals surface area contributed by atoms with Crippen molar-refractivity contribution < 1.29 is 14.6 Å². The van der Waals surface area contributed by atoms with E-state index in [9.17, 15) is 5.11 Å². The van der Waals surface area contributed by atoms with E-state index in [1.165, 1.54) is 0 Å². The summed E-state index contributed by atoms with van der Waals surface area (Å²) in [6.07, 6.45) is 7.29. The molecule has 0 spiro atoms. The Labute approximate surface area is 129 Å². The summed E-state index contributed by atoms with van der Waals surface area (Å²) < 4.78 is 11.3. The quantitative estimate of drug-likeness (QED) is 0.800. The third kappa shape index (κ3) is 2.62. The predicted octanol–water partition coefficient (Wildman–Crippen LogP) is 0.694. The van der Waals surface area contributed by atoms with Crippen LogP contribution in [0, 0.1) is 0 Å². The van der Waals surface area contributed by atoms with Crippen molar-refractivity contribution in [3.8, 4) is 5.88 Å². The van der Waals surface area contributed by atoms with Gasteiger partial charge in [-0.25, -0.2) is 4.98 Å². The molecular weight excluding hydrogens is 282 g/mol. The van der Waals surface area contributed by atoms with E-state index in [1.807, 2.05) is 0 Å². The molecule has 2 aliphatic heterocycles. The van der Waals surface area contributed by atoms with E-state index in [-0.39, 0.29) is 12.1 Å². The summed E-state index contributed by atoms with van der Waals surface area (Å²) in [6, 6.07) is 0.142. The van der Waals surface area contributed by atoms with Crippen LogP contribution in [0.15, 0.2) is 12.2 Å². The molecule has 1 fully saturated rings. The largest absolute Gasteiger partial charge is 0.469 e. The molecule has 1 saturated heterocycles. The van der Waals surface area contributed by atoms with Crippen LogP contribution in [0.5, 0.6) is 5.88 Å². The number of nitrogens with one attached hydrogen (secondary N) is 1. The lowest BCUT2D eigenvalue weighted by Gasteiger charge is -2.22. The number of aromatic nitrogens is 2. The van der Waals surface area contributed by atoms with Crippen molar-refractivity contribution in [1.82, 2.24) is 15.3 Å². The van der Waals surface area contributed by atoms with E-state index in [0.717, 1.165) is 49.3 Å². The van der Waals surface area contributed by atoms with Crippen molar-refractivity contribution in [3.05, 3.63) is 29.2 Å². The molecule has 3 heterocycles. The highest BCUT2D eigenvalue weighted by Gasteiger charge is 2.31. The summed E-state index contributed by atoms with van der Waals surface area (Å²) >= 11 is 0. The zero-order valence-corrected chi connectivity index (χ0v) is 12.5. The van der Waals surface area contributed by atoms with Gasteiger partial charge in [0.05, 0.1) is 24.9 Å². The highest BCUT2D eigenvalue weighted by molar-refractivity contribution is 5.35. The number of aliphatic hydroxyl groups is 1. The zero-order chi connectivity index (χ0) is 14.9. The Hall–Kier alpha value is -1.50. The smallest absolute Gasteiger partial charge is 0.220 e. The first-order chi connectivity index (χ1) is 10.8. The molecule has 2 N–H and O–H groups in total. The number of hydrogen-bond donors (Lipinski definition) is 2. The second kappa shape index (κ2) is 5.95. The van der Waals surface area contributed by atoms with Crippen molar-refractivity contribution in [3.63, 3.8) is 0 Å². The van der Waals surface area contributed by atoms with E-state index in [2.05, 4.69) is 22.5 Å². The maximum Gasteiger partial charge on any atom is 0.220 e. The van der Waals surface area contributed by atoms with Gasteiger partial charge in [0.2, 0.25) is 5.88 Å². The Balaban J connectivity index is 1.64. The number of nitrogens with zero attached hydrogens (tertiary/aromatic N) is 2.